The average molecular weight is 341 g/mol. The zero-order valence-electron chi connectivity index (χ0n) is 11.7. The molecule has 1 amide bonds. The summed E-state index contributed by atoms with van der Waals surface area (Å²) in [4.78, 5) is 12.1. The lowest BCUT2D eigenvalue weighted by atomic mass is 9.97. The fourth-order valence-corrected chi connectivity index (χ4v) is 3.03. The first-order chi connectivity index (χ1) is 9.52. The third kappa shape index (κ3) is 3.96. The zero-order chi connectivity index (χ0) is 14.6. The molecule has 0 aliphatic heterocycles. The molecule has 4 nitrogen and oxygen atoms in total. The van der Waals surface area contributed by atoms with Crippen molar-refractivity contribution in [2.75, 3.05) is 17.2 Å². The molecule has 0 saturated heterocycles. The lowest BCUT2D eigenvalue weighted by Gasteiger charge is -2.21. The minimum atomic E-state index is -0.811. The maximum absolute atomic E-state index is 12.1. The molecule has 0 bridgehead atoms. The predicted octanol–water partition coefficient (Wildman–Crippen LogP) is 3.51. The van der Waals surface area contributed by atoms with Gasteiger partial charge in [0.1, 0.15) is 0 Å². The van der Waals surface area contributed by atoms with Gasteiger partial charge in [0.05, 0.1) is 23.4 Å². The molecule has 0 spiro atoms. The van der Waals surface area contributed by atoms with Gasteiger partial charge in [-0.05, 0) is 38.0 Å². The first-order valence-corrected chi connectivity index (χ1v) is 7.87. The number of amides is 1. The van der Waals surface area contributed by atoms with Crippen LogP contribution in [0.2, 0.25) is 0 Å². The van der Waals surface area contributed by atoms with E-state index in [0.29, 0.717) is 0 Å². The number of carbonyl (C=O) groups is 1. The van der Waals surface area contributed by atoms with E-state index in [2.05, 4.69) is 26.6 Å². The molecule has 1 aromatic carbocycles. The first-order valence-electron chi connectivity index (χ1n) is 7.08. The Morgan fingerprint density at radius 2 is 2.05 bits per heavy atom. The normalized spacial score (nSPS) is 16.9. The molecule has 1 aromatic rings. The Bertz CT molecular complexity index is 485. The molecular formula is C15H21BrN2O2. The number of nitrogens with one attached hydrogen (secondary N) is 2. The molecule has 1 fully saturated rings. The molecule has 0 aromatic heterocycles. The smallest absolute Gasteiger partial charge is 0.227 e. The van der Waals surface area contributed by atoms with Crippen LogP contribution in [0.5, 0.6) is 0 Å². The highest BCUT2D eigenvalue weighted by Crippen LogP contribution is 2.33. The highest BCUT2D eigenvalue weighted by atomic mass is 79.9. The van der Waals surface area contributed by atoms with E-state index in [1.54, 1.807) is 0 Å². The van der Waals surface area contributed by atoms with Crippen LogP contribution in [0, 0.1) is 0 Å². The molecule has 1 saturated carbocycles. The van der Waals surface area contributed by atoms with Crippen LogP contribution in [0.1, 0.15) is 39.0 Å². The number of anilines is 2. The van der Waals surface area contributed by atoms with Crippen LogP contribution in [0.25, 0.3) is 0 Å². The lowest BCUT2D eigenvalue weighted by Crippen LogP contribution is -2.30. The maximum Gasteiger partial charge on any atom is 0.227 e. The van der Waals surface area contributed by atoms with Gasteiger partial charge in [0.25, 0.3) is 0 Å². The SMILES string of the molecule is CCNc1ccc(Br)cc1NC(=O)CC1(O)CCCC1. The van der Waals surface area contributed by atoms with Crippen LogP contribution in [-0.4, -0.2) is 23.2 Å². The molecule has 0 radical (unpaired) electrons. The molecule has 1 aliphatic rings. The maximum atomic E-state index is 12.1. The monoisotopic (exact) mass is 340 g/mol. The van der Waals surface area contributed by atoms with Crippen molar-refractivity contribution in [1.29, 1.82) is 0 Å². The van der Waals surface area contributed by atoms with Gasteiger partial charge in [-0.1, -0.05) is 28.8 Å². The van der Waals surface area contributed by atoms with E-state index < -0.39 is 5.60 Å². The third-order valence-electron chi connectivity index (χ3n) is 3.65. The quantitative estimate of drug-likeness (QED) is 0.768. The van der Waals surface area contributed by atoms with Crippen molar-refractivity contribution in [3.05, 3.63) is 22.7 Å². The number of hydrogen-bond donors (Lipinski definition) is 3. The summed E-state index contributed by atoms with van der Waals surface area (Å²) in [6.45, 7) is 2.79. The molecule has 0 heterocycles. The Morgan fingerprint density at radius 1 is 1.35 bits per heavy atom. The van der Waals surface area contributed by atoms with Crippen molar-refractivity contribution in [3.8, 4) is 0 Å². The minimum Gasteiger partial charge on any atom is -0.389 e. The summed E-state index contributed by atoms with van der Waals surface area (Å²) in [7, 11) is 0. The summed E-state index contributed by atoms with van der Waals surface area (Å²) < 4.78 is 0.911. The molecule has 110 valence electrons. The van der Waals surface area contributed by atoms with E-state index in [0.717, 1.165) is 48.1 Å². The Hall–Kier alpha value is -1.07. The Balaban J connectivity index is 2.04. The van der Waals surface area contributed by atoms with Crippen molar-refractivity contribution >= 4 is 33.2 Å². The molecule has 20 heavy (non-hydrogen) atoms. The van der Waals surface area contributed by atoms with E-state index in [-0.39, 0.29) is 12.3 Å². The van der Waals surface area contributed by atoms with E-state index >= 15 is 0 Å². The molecule has 0 atom stereocenters. The molecule has 1 aliphatic carbocycles. The van der Waals surface area contributed by atoms with Crippen molar-refractivity contribution in [2.45, 2.75) is 44.6 Å². The summed E-state index contributed by atoms with van der Waals surface area (Å²) in [5.74, 6) is -0.133. The van der Waals surface area contributed by atoms with Crippen molar-refractivity contribution < 1.29 is 9.90 Å². The Kier molecular flexibility index (Phi) is 5.05. The Morgan fingerprint density at radius 3 is 2.70 bits per heavy atom. The number of aliphatic hydroxyl groups is 1. The van der Waals surface area contributed by atoms with Gasteiger partial charge >= 0.3 is 0 Å². The molecule has 0 unspecified atom stereocenters. The summed E-state index contributed by atoms with van der Waals surface area (Å²) in [6, 6.07) is 5.72. The first kappa shape index (κ1) is 15.3. The second-order valence-corrected chi connectivity index (χ2v) is 6.29. The fourth-order valence-electron chi connectivity index (χ4n) is 2.67. The highest BCUT2D eigenvalue weighted by Gasteiger charge is 2.33. The summed E-state index contributed by atoms with van der Waals surface area (Å²) in [5, 5.41) is 16.4. The molecule has 3 N–H and O–H groups in total. The number of carbonyl (C=O) groups excluding carboxylic acids is 1. The van der Waals surface area contributed by atoms with E-state index in [4.69, 9.17) is 0 Å². The predicted molar refractivity (Wildman–Crippen MR) is 85.0 cm³/mol. The van der Waals surface area contributed by atoms with Crippen molar-refractivity contribution in [1.82, 2.24) is 0 Å². The van der Waals surface area contributed by atoms with Gasteiger partial charge in [0.2, 0.25) is 5.91 Å². The topological polar surface area (TPSA) is 61.4 Å². The number of hydrogen-bond acceptors (Lipinski definition) is 3. The van der Waals surface area contributed by atoms with Gasteiger partial charge in [-0.2, -0.15) is 0 Å². The van der Waals surface area contributed by atoms with E-state index in [1.165, 1.54) is 0 Å². The van der Waals surface area contributed by atoms with Crippen LogP contribution in [0.4, 0.5) is 11.4 Å². The van der Waals surface area contributed by atoms with Crippen molar-refractivity contribution in [3.63, 3.8) is 0 Å². The standard InChI is InChI=1S/C15H21BrN2O2/c1-2-17-12-6-5-11(16)9-13(12)18-14(19)10-15(20)7-3-4-8-15/h5-6,9,17,20H,2-4,7-8,10H2,1H3,(H,18,19). The van der Waals surface area contributed by atoms with Crippen molar-refractivity contribution in [2.24, 2.45) is 0 Å². The van der Waals surface area contributed by atoms with Gasteiger partial charge in [0, 0.05) is 11.0 Å². The van der Waals surface area contributed by atoms with Gasteiger partial charge < -0.3 is 15.7 Å². The van der Waals surface area contributed by atoms with Gasteiger partial charge in [-0.15, -0.1) is 0 Å². The third-order valence-corrected chi connectivity index (χ3v) is 4.14. The number of benzene rings is 1. The van der Waals surface area contributed by atoms with Crippen LogP contribution < -0.4 is 10.6 Å². The molecule has 2 rings (SSSR count). The molecule has 5 heteroatoms. The second-order valence-electron chi connectivity index (χ2n) is 5.38. The average Bonchev–Trinajstić information content (AvgIpc) is 2.79. The van der Waals surface area contributed by atoms with Crippen LogP contribution >= 0.6 is 15.9 Å². The van der Waals surface area contributed by atoms with Crippen LogP contribution in [0.3, 0.4) is 0 Å². The van der Waals surface area contributed by atoms with E-state index in [9.17, 15) is 9.90 Å². The highest BCUT2D eigenvalue weighted by molar-refractivity contribution is 9.10. The summed E-state index contributed by atoms with van der Waals surface area (Å²) in [5.41, 5.74) is 0.823. The Labute approximate surface area is 128 Å². The van der Waals surface area contributed by atoms with Gasteiger partial charge in [0.15, 0.2) is 0 Å². The largest absolute Gasteiger partial charge is 0.389 e. The fraction of sp³-hybridized carbons (Fsp3) is 0.533. The van der Waals surface area contributed by atoms with Gasteiger partial charge in [-0.25, -0.2) is 0 Å². The van der Waals surface area contributed by atoms with E-state index in [1.807, 2.05) is 25.1 Å². The van der Waals surface area contributed by atoms with Crippen LogP contribution in [0.15, 0.2) is 22.7 Å². The van der Waals surface area contributed by atoms with Crippen LogP contribution in [-0.2, 0) is 4.79 Å². The number of rotatable bonds is 5. The van der Waals surface area contributed by atoms with Gasteiger partial charge in [-0.3, -0.25) is 4.79 Å². The summed E-state index contributed by atoms with van der Waals surface area (Å²) in [6.07, 6.45) is 3.62. The number of halogens is 1. The minimum absolute atomic E-state index is 0.133. The lowest BCUT2D eigenvalue weighted by molar-refractivity contribution is -0.120. The second kappa shape index (κ2) is 6.59. The molecular weight excluding hydrogens is 320 g/mol. The zero-order valence-corrected chi connectivity index (χ0v) is 13.3. The summed E-state index contributed by atoms with van der Waals surface area (Å²) >= 11 is 3.41.